The predicted octanol–water partition coefficient (Wildman–Crippen LogP) is 2.18. The Morgan fingerprint density at radius 2 is 2.18 bits per heavy atom. The van der Waals surface area contributed by atoms with Gasteiger partial charge in [0.2, 0.25) is 0 Å². The highest BCUT2D eigenvalue weighted by Gasteiger charge is 2.23. The van der Waals surface area contributed by atoms with Gasteiger partial charge in [-0.15, -0.1) is 0 Å². The normalized spacial score (nSPS) is 17.1. The molecule has 1 aromatic carbocycles. The summed E-state index contributed by atoms with van der Waals surface area (Å²) in [6, 6.07) is 7.78. The number of hydrogen-bond acceptors (Lipinski definition) is 3. The molecule has 1 aromatic rings. The minimum absolute atomic E-state index is 0.0447. The fourth-order valence-corrected chi connectivity index (χ4v) is 2.59. The van der Waals surface area contributed by atoms with E-state index in [1.807, 2.05) is 43.0 Å². The van der Waals surface area contributed by atoms with Crippen LogP contribution in [0.2, 0.25) is 0 Å². The van der Waals surface area contributed by atoms with Crippen molar-refractivity contribution in [1.82, 2.24) is 10.2 Å². The number of likely N-dealkylation sites (tertiary alicyclic amines) is 1. The van der Waals surface area contributed by atoms with Gasteiger partial charge < -0.3 is 20.1 Å². The van der Waals surface area contributed by atoms with Crippen molar-refractivity contribution in [2.24, 2.45) is 5.92 Å². The lowest BCUT2D eigenvalue weighted by Gasteiger charge is -2.32. The van der Waals surface area contributed by atoms with Gasteiger partial charge in [-0.3, -0.25) is 0 Å². The van der Waals surface area contributed by atoms with E-state index >= 15 is 0 Å². The Morgan fingerprint density at radius 3 is 2.82 bits per heavy atom. The number of urea groups is 1. The van der Waals surface area contributed by atoms with Crippen molar-refractivity contribution in [2.75, 3.05) is 26.3 Å². The molecule has 1 unspecified atom stereocenters. The highest BCUT2D eigenvalue weighted by atomic mass is 16.5. The Hall–Kier alpha value is -1.75. The van der Waals surface area contributed by atoms with E-state index in [-0.39, 0.29) is 18.7 Å². The van der Waals surface area contributed by atoms with Crippen LogP contribution in [0.4, 0.5) is 4.79 Å². The number of amides is 2. The molecule has 2 N–H and O–H groups in total. The topological polar surface area (TPSA) is 61.8 Å². The largest absolute Gasteiger partial charge is 0.491 e. The molecule has 1 saturated heterocycles. The van der Waals surface area contributed by atoms with Crippen LogP contribution in [0.5, 0.6) is 5.75 Å². The predicted molar refractivity (Wildman–Crippen MR) is 86.1 cm³/mol. The number of hydrogen-bond donors (Lipinski definition) is 2. The minimum atomic E-state index is -0.0522. The van der Waals surface area contributed by atoms with Crippen LogP contribution in [-0.4, -0.2) is 48.4 Å². The van der Waals surface area contributed by atoms with Gasteiger partial charge in [-0.1, -0.05) is 12.1 Å². The fourth-order valence-electron chi connectivity index (χ4n) is 2.59. The van der Waals surface area contributed by atoms with Crippen molar-refractivity contribution in [2.45, 2.75) is 32.7 Å². The first-order chi connectivity index (χ1) is 10.6. The maximum absolute atomic E-state index is 12.2. The zero-order chi connectivity index (χ0) is 15.9. The summed E-state index contributed by atoms with van der Waals surface area (Å²) < 4.78 is 5.70. The van der Waals surface area contributed by atoms with E-state index in [0.29, 0.717) is 25.6 Å². The van der Waals surface area contributed by atoms with Gasteiger partial charge >= 0.3 is 6.03 Å². The molecule has 0 aliphatic carbocycles. The molecule has 0 radical (unpaired) electrons. The van der Waals surface area contributed by atoms with E-state index in [4.69, 9.17) is 9.84 Å². The summed E-state index contributed by atoms with van der Waals surface area (Å²) in [4.78, 5) is 14.0. The van der Waals surface area contributed by atoms with Crippen molar-refractivity contribution < 1.29 is 14.6 Å². The molecule has 0 saturated carbocycles. The third-order valence-corrected chi connectivity index (χ3v) is 4.02. The molecule has 22 heavy (non-hydrogen) atoms. The molecule has 1 fully saturated rings. The summed E-state index contributed by atoms with van der Waals surface area (Å²) in [5.41, 5.74) is 1.15. The molecule has 1 aliphatic rings. The van der Waals surface area contributed by atoms with Gasteiger partial charge in [0.05, 0.1) is 6.04 Å². The number of nitrogens with one attached hydrogen (secondary N) is 1. The molecule has 2 rings (SSSR count). The third-order valence-electron chi connectivity index (χ3n) is 4.02. The van der Waals surface area contributed by atoms with E-state index in [9.17, 15) is 4.79 Å². The Labute approximate surface area is 132 Å². The summed E-state index contributed by atoms with van der Waals surface area (Å²) in [5.74, 6) is 1.16. The molecule has 5 nitrogen and oxygen atoms in total. The van der Waals surface area contributed by atoms with Crippen LogP contribution in [0.15, 0.2) is 24.3 Å². The van der Waals surface area contributed by atoms with Crippen LogP contribution < -0.4 is 10.1 Å². The van der Waals surface area contributed by atoms with Crippen LogP contribution in [0.25, 0.3) is 0 Å². The van der Waals surface area contributed by atoms with Gasteiger partial charge in [-0.05, 0) is 50.3 Å². The van der Waals surface area contributed by atoms with Gasteiger partial charge in [0.25, 0.3) is 0 Å². The van der Waals surface area contributed by atoms with E-state index in [1.54, 1.807) is 0 Å². The number of rotatable bonds is 5. The summed E-state index contributed by atoms with van der Waals surface area (Å²) in [7, 11) is 0. The van der Waals surface area contributed by atoms with Crippen molar-refractivity contribution in [3.8, 4) is 5.75 Å². The van der Waals surface area contributed by atoms with Crippen LogP contribution >= 0.6 is 0 Å². The number of piperidine rings is 1. The van der Waals surface area contributed by atoms with Crippen molar-refractivity contribution in [3.05, 3.63) is 29.8 Å². The smallest absolute Gasteiger partial charge is 0.317 e. The average molecular weight is 306 g/mol. The van der Waals surface area contributed by atoms with Gasteiger partial charge in [0, 0.05) is 19.7 Å². The first-order valence-corrected chi connectivity index (χ1v) is 7.94. The number of carbonyl (C=O) groups is 1. The standard InChI is InChI=1S/C17H26N2O3/c1-13-4-3-5-16(10-13)22-12-14(2)18-17(21)19-8-6-15(11-20)7-9-19/h3-5,10,14-15,20H,6-9,11-12H2,1-2H3,(H,18,21). The number of nitrogens with zero attached hydrogens (tertiary/aromatic N) is 1. The second kappa shape index (κ2) is 8.03. The summed E-state index contributed by atoms with van der Waals surface area (Å²) in [6.45, 7) is 6.05. The fraction of sp³-hybridized carbons (Fsp3) is 0.588. The minimum Gasteiger partial charge on any atom is -0.491 e. The quantitative estimate of drug-likeness (QED) is 0.876. The SMILES string of the molecule is Cc1cccc(OCC(C)NC(=O)N2CCC(CO)CC2)c1. The maximum Gasteiger partial charge on any atom is 0.317 e. The number of aliphatic hydroxyl groups excluding tert-OH is 1. The number of benzene rings is 1. The first kappa shape index (κ1) is 16.6. The number of ether oxygens (including phenoxy) is 1. The molecule has 0 bridgehead atoms. The monoisotopic (exact) mass is 306 g/mol. The van der Waals surface area contributed by atoms with Crippen molar-refractivity contribution >= 4 is 6.03 Å². The lowest BCUT2D eigenvalue weighted by molar-refractivity contribution is 0.134. The highest BCUT2D eigenvalue weighted by Crippen LogP contribution is 2.16. The molecule has 0 aromatic heterocycles. The summed E-state index contributed by atoms with van der Waals surface area (Å²) in [5, 5.41) is 12.1. The van der Waals surface area contributed by atoms with E-state index in [2.05, 4.69) is 5.32 Å². The second-order valence-electron chi connectivity index (χ2n) is 6.09. The molecule has 122 valence electrons. The molecule has 1 aliphatic heterocycles. The maximum atomic E-state index is 12.2. The Bertz CT molecular complexity index is 485. The average Bonchev–Trinajstić information content (AvgIpc) is 2.53. The summed E-state index contributed by atoms with van der Waals surface area (Å²) in [6.07, 6.45) is 1.75. The van der Waals surface area contributed by atoms with Crippen LogP contribution in [0, 0.1) is 12.8 Å². The van der Waals surface area contributed by atoms with Crippen molar-refractivity contribution in [3.63, 3.8) is 0 Å². The molecule has 1 heterocycles. The van der Waals surface area contributed by atoms with E-state index in [1.165, 1.54) is 0 Å². The van der Waals surface area contributed by atoms with Gasteiger partial charge in [-0.25, -0.2) is 4.79 Å². The van der Waals surface area contributed by atoms with Gasteiger partial charge in [-0.2, -0.15) is 0 Å². The van der Waals surface area contributed by atoms with Gasteiger partial charge in [0.15, 0.2) is 0 Å². The Balaban J connectivity index is 1.72. The number of aliphatic hydroxyl groups is 1. The van der Waals surface area contributed by atoms with Crippen LogP contribution in [-0.2, 0) is 0 Å². The molecular formula is C17H26N2O3. The van der Waals surface area contributed by atoms with Crippen molar-refractivity contribution in [1.29, 1.82) is 0 Å². The Kier molecular flexibility index (Phi) is 6.07. The van der Waals surface area contributed by atoms with Gasteiger partial charge in [0.1, 0.15) is 12.4 Å². The molecule has 0 spiro atoms. The lowest BCUT2D eigenvalue weighted by atomic mass is 9.98. The molecule has 1 atom stereocenters. The lowest BCUT2D eigenvalue weighted by Crippen LogP contribution is -2.48. The molecule has 2 amide bonds. The summed E-state index contributed by atoms with van der Waals surface area (Å²) >= 11 is 0. The highest BCUT2D eigenvalue weighted by molar-refractivity contribution is 5.74. The third kappa shape index (κ3) is 4.91. The number of aryl methyl sites for hydroxylation is 1. The Morgan fingerprint density at radius 1 is 1.45 bits per heavy atom. The zero-order valence-electron chi connectivity index (χ0n) is 13.4. The first-order valence-electron chi connectivity index (χ1n) is 7.94. The number of carbonyl (C=O) groups excluding carboxylic acids is 1. The van der Waals surface area contributed by atoms with E-state index < -0.39 is 0 Å². The zero-order valence-corrected chi connectivity index (χ0v) is 13.4. The molecular weight excluding hydrogens is 280 g/mol. The van der Waals surface area contributed by atoms with Crippen LogP contribution in [0.3, 0.4) is 0 Å². The van der Waals surface area contributed by atoms with E-state index in [0.717, 1.165) is 24.2 Å². The second-order valence-corrected chi connectivity index (χ2v) is 6.09. The van der Waals surface area contributed by atoms with Crippen LogP contribution in [0.1, 0.15) is 25.3 Å². The molecule has 5 heteroatoms.